The summed E-state index contributed by atoms with van der Waals surface area (Å²) in [5.41, 5.74) is 3.51. The average Bonchev–Trinajstić information content (AvgIpc) is 2.88. The molecule has 3 rings (SSSR count). The highest BCUT2D eigenvalue weighted by molar-refractivity contribution is 5.96. The van der Waals surface area contributed by atoms with E-state index in [2.05, 4.69) is 10.4 Å². The van der Waals surface area contributed by atoms with Crippen LogP contribution in [-0.4, -0.2) is 20.8 Å². The Labute approximate surface area is 123 Å². The minimum Gasteiger partial charge on any atom is -0.507 e. The molecule has 2 N–H and O–H groups in total. The van der Waals surface area contributed by atoms with Gasteiger partial charge in [0.15, 0.2) is 0 Å². The fraction of sp³-hybridized carbons (Fsp3) is 0.375. The van der Waals surface area contributed by atoms with E-state index in [9.17, 15) is 9.90 Å². The molecule has 0 saturated heterocycles. The third-order valence-corrected chi connectivity index (χ3v) is 3.91. The Hall–Kier alpha value is -2.30. The van der Waals surface area contributed by atoms with E-state index < -0.39 is 0 Å². The first-order chi connectivity index (χ1) is 10.1. The monoisotopic (exact) mass is 285 g/mol. The summed E-state index contributed by atoms with van der Waals surface area (Å²) in [6.45, 7) is 3.28. The van der Waals surface area contributed by atoms with Gasteiger partial charge < -0.3 is 10.4 Å². The van der Waals surface area contributed by atoms with Gasteiger partial charge in [0.1, 0.15) is 5.75 Å². The molecule has 2 heterocycles. The quantitative estimate of drug-likeness (QED) is 0.908. The molecule has 110 valence electrons. The molecule has 0 unspecified atom stereocenters. The molecule has 1 aromatic carbocycles. The van der Waals surface area contributed by atoms with Gasteiger partial charge in [0, 0.05) is 24.3 Å². The van der Waals surface area contributed by atoms with Crippen molar-refractivity contribution >= 4 is 5.91 Å². The molecule has 0 saturated carbocycles. The molecule has 21 heavy (non-hydrogen) atoms. The second-order valence-corrected chi connectivity index (χ2v) is 5.50. The lowest BCUT2D eigenvalue weighted by molar-refractivity contribution is 0.0948. The van der Waals surface area contributed by atoms with Gasteiger partial charge in [-0.2, -0.15) is 5.10 Å². The molecule has 5 heteroatoms. The number of nitrogens with one attached hydrogen (secondary N) is 1. The number of nitrogens with zero attached hydrogens (tertiary/aromatic N) is 2. The van der Waals surface area contributed by atoms with Gasteiger partial charge in [-0.3, -0.25) is 9.48 Å². The third kappa shape index (κ3) is 2.77. The predicted molar refractivity (Wildman–Crippen MR) is 79.2 cm³/mol. The minimum absolute atomic E-state index is 0.0181. The Bertz CT molecular complexity index is 676. The topological polar surface area (TPSA) is 67.2 Å². The predicted octanol–water partition coefficient (Wildman–Crippen LogP) is 2.16. The highest BCUT2D eigenvalue weighted by Crippen LogP contribution is 2.20. The molecular weight excluding hydrogens is 266 g/mol. The maximum Gasteiger partial charge on any atom is 0.255 e. The Morgan fingerprint density at radius 3 is 3.10 bits per heavy atom. The van der Waals surface area contributed by atoms with Crippen molar-refractivity contribution in [2.24, 2.45) is 0 Å². The van der Waals surface area contributed by atoms with Crippen LogP contribution in [0.25, 0.3) is 0 Å². The van der Waals surface area contributed by atoms with E-state index in [4.69, 9.17) is 0 Å². The molecular formula is C16H19N3O2. The molecule has 1 amide bonds. The van der Waals surface area contributed by atoms with Crippen LogP contribution in [0.15, 0.2) is 24.4 Å². The van der Waals surface area contributed by atoms with Crippen LogP contribution >= 0.6 is 0 Å². The van der Waals surface area contributed by atoms with Crippen molar-refractivity contribution in [2.45, 2.75) is 39.3 Å². The summed E-state index contributed by atoms with van der Waals surface area (Å²) >= 11 is 0. The first-order valence-corrected chi connectivity index (χ1v) is 7.26. The van der Waals surface area contributed by atoms with E-state index in [1.807, 2.05) is 23.9 Å². The smallest absolute Gasteiger partial charge is 0.255 e. The van der Waals surface area contributed by atoms with Crippen molar-refractivity contribution in [3.05, 3.63) is 46.8 Å². The molecule has 2 aromatic rings. The number of aryl methyl sites for hydroxylation is 2. The Morgan fingerprint density at radius 2 is 2.29 bits per heavy atom. The summed E-state index contributed by atoms with van der Waals surface area (Å²) in [5, 5.41) is 17.0. The van der Waals surface area contributed by atoms with E-state index in [-0.39, 0.29) is 11.7 Å². The van der Waals surface area contributed by atoms with Crippen LogP contribution in [0.5, 0.6) is 5.75 Å². The SMILES string of the molecule is Cc1ccc(C(=O)NCc2cnn3c2CCCC3)c(O)c1. The lowest BCUT2D eigenvalue weighted by atomic mass is 10.1. The van der Waals surface area contributed by atoms with Crippen molar-refractivity contribution in [1.82, 2.24) is 15.1 Å². The molecule has 1 aromatic heterocycles. The van der Waals surface area contributed by atoms with Gasteiger partial charge in [0.05, 0.1) is 11.8 Å². The van der Waals surface area contributed by atoms with Crippen molar-refractivity contribution in [2.75, 3.05) is 0 Å². The molecule has 0 radical (unpaired) electrons. The average molecular weight is 285 g/mol. The fourth-order valence-corrected chi connectivity index (χ4v) is 2.74. The van der Waals surface area contributed by atoms with E-state index in [0.717, 1.165) is 30.5 Å². The minimum atomic E-state index is -0.261. The second kappa shape index (κ2) is 5.60. The van der Waals surface area contributed by atoms with Crippen LogP contribution in [0.3, 0.4) is 0 Å². The first kappa shape index (κ1) is 13.7. The summed E-state index contributed by atoms with van der Waals surface area (Å²) in [5.74, 6) is -0.243. The van der Waals surface area contributed by atoms with Gasteiger partial charge in [-0.25, -0.2) is 0 Å². The van der Waals surface area contributed by atoms with Gasteiger partial charge in [0.2, 0.25) is 0 Å². The van der Waals surface area contributed by atoms with Gasteiger partial charge in [-0.1, -0.05) is 6.07 Å². The van der Waals surface area contributed by atoms with Crippen LogP contribution < -0.4 is 5.32 Å². The standard InChI is InChI=1S/C16H19N3O2/c1-11-5-6-13(15(20)8-11)16(21)17-9-12-10-18-19-7-3-2-4-14(12)19/h5-6,8,10,20H,2-4,7,9H2,1H3,(H,17,21). The number of rotatable bonds is 3. The normalized spacial score (nSPS) is 13.8. The Morgan fingerprint density at radius 1 is 1.43 bits per heavy atom. The number of carbonyl (C=O) groups excluding carboxylic acids is 1. The number of fused-ring (bicyclic) bond motifs is 1. The van der Waals surface area contributed by atoms with Crippen LogP contribution in [0.1, 0.15) is 40.0 Å². The lowest BCUT2D eigenvalue weighted by Gasteiger charge is -2.15. The van der Waals surface area contributed by atoms with Crippen LogP contribution in [-0.2, 0) is 19.5 Å². The number of phenols is 1. The van der Waals surface area contributed by atoms with Crippen molar-refractivity contribution in [1.29, 1.82) is 0 Å². The zero-order valence-electron chi connectivity index (χ0n) is 12.1. The van der Waals surface area contributed by atoms with Crippen LogP contribution in [0, 0.1) is 6.92 Å². The van der Waals surface area contributed by atoms with E-state index in [1.165, 1.54) is 12.1 Å². The van der Waals surface area contributed by atoms with Gasteiger partial charge in [-0.15, -0.1) is 0 Å². The summed E-state index contributed by atoms with van der Waals surface area (Å²) in [7, 11) is 0. The largest absolute Gasteiger partial charge is 0.507 e. The van der Waals surface area contributed by atoms with Gasteiger partial charge in [-0.05, 0) is 43.9 Å². The van der Waals surface area contributed by atoms with E-state index >= 15 is 0 Å². The van der Waals surface area contributed by atoms with E-state index in [0.29, 0.717) is 12.1 Å². The first-order valence-electron chi connectivity index (χ1n) is 7.26. The molecule has 0 aliphatic carbocycles. The maximum absolute atomic E-state index is 12.1. The maximum atomic E-state index is 12.1. The summed E-state index contributed by atoms with van der Waals surface area (Å²) in [6, 6.07) is 5.06. The van der Waals surface area contributed by atoms with Crippen LogP contribution in [0.2, 0.25) is 0 Å². The van der Waals surface area contributed by atoms with Gasteiger partial charge >= 0.3 is 0 Å². The third-order valence-electron chi connectivity index (χ3n) is 3.91. The number of aromatic hydroxyl groups is 1. The number of aromatic nitrogens is 2. The van der Waals surface area contributed by atoms with Crippen molar-refractivity contribution < 1.29 is 9.90 Å². The van der Waals surface area contributed by atoms with Crippen LogP contribution in [0.4, 0.5) is 0 Å². The van der Waals surface area contributed by atoms with Crippen molar-refractivity contribution in [3.8, 4) is 5.75 Å². The van der Waals surface area contributed by atoms with E-state index in [1.54, 1.807) is 12.1 Å². The zero-order chi connectivity index (χ0) is 14.8. The van der Waals surface area contributed by atoms with Gasteiger partial charge in [0.25, 0.3) is 5.91 Å². The second-order valence-electron chi connectivity index (χ2n) is 5.50. The molecule has 5 nitrogen and oxygen atoms in total. The zero-order valence-corrected chi connectivity index (χ0v) is 12.1. The number of carbonyl (C=O) groups is 1. The van der Waals surface area contributed by atoms with Crippen molar-refractivity contribution in [3.63, 3.8) is 0 Å². The molecule has 1 aliphatic rings. The molecule has 1 aliphatic heterocycles. The number of hydrogen-bond acceptors (Lipinski definition) is 3. The highest BCUT2D eigenvalue weighted by atomic mass is 16.3. The lowest BCUT2D eigenvalue weighted by Crippen LogP contribution is -2.24. The number of benzene rings is 1. The number of phenolic OH excluding ortho intramolecular Hbond substituents is 1. The Kier molecular flexibility index (Phi) is 3.64. The molecule has 0 bridgehead atoms. The summed E-state index contributed by atoms with van der Waals surface area (Å²) in [6.07, 6.45) is 5.18. The molecule has 0 atom stereocenters. The summed E-state index contributed by atoms with van der Waals surface area (Å²) in [4.78, 5) is 12.1. The highest BCUT2D eigenvalue weighted by Gasteiger charge is 2.16. The fourth-order valence-electron chi connectivity index (χ4n) is 2.74. The number of amides is 1. The molecule has 0 spiro atoms. The summed E-state index contributed by atoms with van der Waals surface area (Å²) < 4.78 is 2.02. The number of hydrogen-bond donors (Lipinski definition) is 2. The Balaban J connectivity index is 1.70. The molecule has 0 fully saturated rings.